The van der Waals surface area contributed by atoms with Crippen LogP contribution in [0, 0.1) is 6.92 Å². The monoisotopic (exact) mass is 469 g/mol. The smallest absolute Gasteiger partial charge is 0.344 e. The molecule has 11 heteroatoms. The summed E-state index contributed by atoms with van der Waals surface area (Å²) in [4.78, 5) is 0. The highest BCUT2D eigenvalue weighted by Crippen LogP contribution is 2.35. The molecule has 4 N–H and O–H groups in total. The van der Waals surface area contributed by atoms with E-state index in [0.717, 1.165) is 27.3 Å². The first-order valence-corrected chi connectivity index (χ1v) is 13.1. The summed E-state index contributed by atoms with van der Waals surface area (Å²) in [6.07, 6.45) is 0.643. The fourth-order valence-corrected chi connectivity index (χ4v) is 5.09. The van der Waals surface area contributed by atoms with E-state index in [9.17, 15) is 22.1 Å². The molecule has 4 aromatic rings. The number of hydrogen-bond donors (Lipinski definition) is 4. The zero-order chi connectivity index (χ0) is 22.4. The molecule has 168 valence electrons. The van der Waals surface area contributed by atoms with Gasteiger partial charge in [0, 0.05) is 47.1 Å². The molecule has 0 aliphatic carbocycles. The van der Waals surface area contributed by atoms with E-state index in [0.29, 0.717) is 31.0 Å². The molecule has 0 aliphatic rings. The highest BCUT2D eigenvalue weighted by molar-refractivity contribution is 8.19. The lowest BCUT2D eigenvalue weighted by molar-refractivity contribution is -0.682. The van der Waals surface area contributed by atoms with Crippen LogP contribution in [0.5, 0.6) is 0 Å². The topological polar surface area (TPSA) is 137 Å². The number of hydrogen-bond acceptors (Lipinski definition) is 6. The van der Waals surface area contributed by atoms with Gasteiger partial charge in [-0.3, -0.25) is 4.55 Å². The van der Waals surface area contributed by atoms with E-state index >= 15 is 0 Å². The second kappa shape index (κ2) is 8.08. The van der Waals surface area contributed by atoms with Gasteiger partial charge in [-0.05, 0) is 12.5 Å². The van der Waals surface area contributed by atoms with Gasteiger partial charge in [-0.25, -0.2) is 0 Å². The van der Waals surface area contributed by atoms with Gasteiger partial charge >= 0.3 is 5.89 Å². The van der Waals surface area contributed by atoms with Gasteiger partial charge in [-0.15, -0.1) is 0 Å². The van der Waals surface area contributed by atoms with Crippen molar-refractivity contribution >= 4 is 53.9 Å². The molecule has 0 radical (unpaired) electrons. The maximum absolute atomic E-state index is 11.1. The molecule has 0 amide bonds. The predicted octanol–water partition coefficient (Wildman–Crippen LogP) is 4.03. The first kappa shape index (κ1) is 22.1. The molecular weight excluding hydrogens is 444 g/mol. The number of aryl methyl sites for hydroxylation is 3. The van der Waals surface area contributed by atoms with Crippen molar-refractivity contribution in [3.8, 4) is 0 Å². The number of nitrogens with zero attached hydrogens (tertiary/aromatic N) is 2. The second-order valence-corrected chi connectivity index (χ2v) is 10.9. The fraction of sp³-hybridized carbons (Fsp3) is 0.350. The number of para-hydroxylation sites is 1. The first-order valence-electron chi connectivity index (χ1n) is 9.81. The number of aromatic nitrogens is 2. The lowest BCUT2D eigenvalue weighted by atomic mass is 10.1. The summed E-state index contributed by atoms with van der Waals surface area (Å²) in [6.45, 7) is 2.67. The molecule has 0 bridgehead atoms. The average molecular weight is 470 g/mol. The van der Waals surface area contributed by atoms with Gasteiger partial charge in [0.2, 0.25) is 5.58 Å². The summed E-state index contributed by atoms with van der Waals surface area (Å²) in [5.74, 6) is 0.206. The van der Waals surface area contributed by atoms with E-state index in [1.54, 1.807) is 6.92 Å². The largest absolute Gasteiger partial charge is 0.401 e. The Balaban J connectivity index is 1.79. The third-order valence-corrected chi connectivity index (χ3v) is 7.01. The van der Waals surface area contributed by atoms with Crippen LogP contribution in [-0.4, -0.2) is 42.7 Å². The van der Waals surface area contributed by atoms with E-state index in [1.807, 2.05) is 41.0 Å². The maximum Gasteiger partial charge on any atom is 0.344 e. The second-order valence-electron chi connectivity index (χ2n) is 7.61. The van der Waals surface area contributed by atoms with Crippen molar-refractivity contribution in [2.45, 2.75) is 32.9 Å². The van der Waals surface area contributed by atoms with Crippen molar-refractivity contribution in [2.24, 2.45) is 0 Å². The Hall–Kier alpha value is -2.15. The lowest BCUT2D eigenvalue weighted by Crippen LogP contribution is -2.36. The summed E-state index contributed by atoms with van der Waals surface area (Å²) < 4.78 is 68.8. The number of benzene rings is 2. The molecule has 0 unspecified atom stereocenters. The Bertz CT molecular complexity index is 1370. The summed E-state index contributed by atoms with van der Waals surface area (Å²) in [7, 11) is -7.56. The molecule has 31 heavy (non-hydrogen) atoms. The molecule has 0 spiro atoms. The van der Waals surface area contributed by atoms with Crippen molar-refractivity contribution in [1.82, 2.24) is 4.57 Å². The quantitative estimate of drug-likeness (QED) is 0.226. The predicted molar refractivity (Wildman–Crippen MR) is 120 cm³/mol. The van der Waals surface area contributed by atoms with Crippen LogP contribution < -0.4 is 4.57 Å². The van der Waals surface area contributed by atoms with E-state index < -0.39 is 21.0 Å². The Kier molecular flexibility index (Phi) is 5.75. The highest BCUT2D eigenvalue weighted by Gasteiger charge is 2.23. The van der Waals surface area contributed by atoms with Crippen molar-refractivity contribution < 1.29 is 35.6 Å². The molecule has 0 saturated carbocycles. The Labute approximate surface area is 180 Å². The minimum absolute atomic E-state index is 0.100. The van der Waals surface area contributed by atoms with Crippen LogP contribution in [0.4, 0.5) is 0 Å². The first-order chi connectivity index (χ1) is 14.5. The molecule has 2 heterocycles. The van der Waals surface area contributed by atoms with Gasteiger partial charge < -0.3 is 22.6 Å². The van der Waals surface area contributed by atoms with Crippen LogP contribution in [0.15, 0.2) is 40.8 Å². The van der Waals surface area contributed by atoms with Crippen molar-refractivity contribution in [2.75, 3.05) is 11.5 Å². The van der Waals surface area contributed by atoms with E-state index in [2.05, 4.69) is 4.57 Å². The number of oxazole rings is 1. The standard InChI is InChI=1S/C20H24N2O7S2/c1-14-21(8-4-10-30(23,24)25)19-12-16-15-6-2-3-7-17(15)22(9-5-11-31(26,27)28)18(16)13-20(19)29-14/h2-3,6-7,12-13H,4-5,8-11H2,1H3,(H3-,23,24,25,26,27,28)/p+1. The molecule has 2 aromatic carbocycles. The molecule has 0 fully saturated rings. The molecule has 0 atom stereocenters. The van der Waals surface area contributed by atoms with Crippen LogP contribution in [-0.2, 0) is 23.2 Å². The molecular formula is C20H25N2O7S2+. The lowest BCUT2D eigenvalue weighted by Gasteiger charge is -2.19. The van der Waals surface area contributed by atoms with Crippen molar-refractivity contribution in [3.05, 3.63) is 42.3 Å². The van der Waals surface area contributed by atoms with Gasteiger partial charge in [-0.1, -0.05) is 18.2 Å². The van der Waals surface area contributed by atoms with Gasteiger partial charge in [0.1, 0.15) is 0 Å². The minimum Gasteiger partial charge on any atom is -0.401 e. The third-order valence-electron chi connectivity index (χ3n) is 5.37. The molecule has 4 rings (SSSR count). The van der Waals surface area contributed by atoms with Crippen molar-refractivity contribution in [3.63, 3.8) is 0 Å². The van der Waals surface area contributed by atoms with E-state index in [4.69, 9.17) is 8.97 Å². The molecule has 0 aliphatic heterocycles. The SMILES string of the molecule is Cc1oc2cc3c(cc2[n+]1CCCS(=O)(=O)O)c1ccccc1n3CCCS(O)(O)O. The number of fused-ring (bicyclic) bond motifs is 4. The fourth-order valence-electron chi connectivity index (χ4n) is 4.08. The summed E-state index contributed by atoms with van der Waals surface area (Å²) in [6, 6.07) is 11.8. The summed E-state index contributed by atoms with van der Waals surface area (Å²) in [5, 5.41) is 2.02. The Morgan fingerprint density at radius 1 is 0.968 bits per heavy atom. The highest BCUT2D eigenvalue weighted by atomic mass is 32.3. The normalized spacial score (nSPS) is 13.6. The molecule has 0 saturated heterocycles. The van der Waals surface area contributed by atoms with Crippen LogP contribution in [0.2, 0.25) is 0 Å². The van der Waals surface area contributed by atoms with E-state index in [-0.39, 0.29) is 17.9 Å². The van der Waals surface area contributed by atoms with Gasteiger partial charge in [0.15, 0.2) is 6.54 Å². The van der Waals surface area contributed by atoms with Gasteiger partial charge in [0.05, 0.1) is 29.1 Å². The third kappa shape index (κ3) is 4.71. The van der Waals surface area contributed by atoms with Crippen LogP contribution >= 0.6 is 10.9 Å². The number of rotatable bonds is 8. The van der Waals surface area contributed by atoms with Crippen LogP contribution in [0.3, 0.4) is 0 Å². The summed E-state index contributed by atoms with van der Waals surface area (Å²) >= 11 is 0. The van der Waals surface area contributed by atoms with Crippen LogP contribution in [0.1, 0.15) is 18.7 Å². The Morgan fingerprint density at radius 3 is 2.42 bits per heavy atom. The minimum atomic E-state index is -4.02. The van der Waals surface area contributed by atoms with Gasteiger partial charge in [0.25, 0.3) is 15.6 Å². The maximum atomic E-state index is 11.1. The zero-order valence-electron chi connectivity index (χ0n) is 16.9. The van der Waals surface area contributed by atoms with E-state index in [1.165, 1.54) is 0 Å². The molecule has 9 nitrogen and oxygen atoms in total. The van der Waals surface area contributed by atoms with Crippen molar-refractivity contribution in [1.29, 1.82) is 0 Å². The van der Waals surface area contributed by atoms with Crippen LogP contribution in [0.25, 0.3) is 32.9 Å². The Morgan fingerprint density at radius 2 is 1.71 bits per heavy atom. The average Bonchev–Trinajstić information content (AvgIpc) is 3.13. The van der Waals surface area contributed by atoms with Gasteiger partial charge in [-0.2, -0.15) is 13.0 Å². The zero-order valence-corrected chi connectivity index (χ0v) is 18.6. The summed E-state index contributed by atoms with van der Waals surface area (Å²) in [5.41, 5.74) is 3.37. The molecule has 2 aromatic heterocycles.